The lowest BCUT2D eigenvalue weighted by atomic mass is 9.94. The standard InChI is InChI=1S/C14H27NO/c1-10(2)15-8-7-13(16-11(3)4)9-14(15)12-5-6-12/h10-14H,5-9H2,1-4H3/t13-,14+/m1/s1. The molecule has 1 heterocycles. The van der Waals surface area contributed by atoms with Crippen LogP contribution in [-0.2, 0) is 4.74 Å². The van der Waals surface area contributed by atoms with Crippen LogP contribution >= 0.6 is 0 Å². The first kappa shape index (κ1) is 12.4. The Hall–Kier alpha value is -0.0800. The molecule has 2 atom stereocenters. The van der Waals surface area contributed by atoms with Crippen LogP contribution in [0.15, 0.2) is 0 Å². The average Bonchev–Trinajstić information content (AvgIpc) is 2.99. The van der Waals surface area contributed by atoms with Crippen LogP contribution in [0.1, 0.15) is 53.4 Å². The number of nitrogens with zero attached hydrogens (tertiary/aromatic N) is 1. The number of piperidine rings is 1. The predicted molar refractivity (Wildman–Crippen MR) is 67.6 cm³/mol. The second-order valence-electron chi connectivity index (χ2n) is 6.07. The van der Waals surface area contributed by atoms with Crippen molar-refractivity contribution in [1.29, 1.82) is 0 Å². The van der Waals surface area contributed by atoms with Crippen molar-refractivity contribution in [1.82, 2.24) is 4.90 Å². The molecule has 1 saturated carbocycles. The molecule has 1 aliphatic heterocycles. The fraction of sp³-hybridized carbons (Fsp3) is 1.00. The summed E-state index contributed by atoms with van der Waals surface area (Å²) in [6.07, 6.45) is 6.28. The molecule has 2 aliphatic rings. The Bertz CT molecular complexity index is 223. The summed E-state index contributed by atoms with van der Waals surface area (Å²) in [4.78, 5) is 2.71. The number of ether oxygens (including phenoxy) is 1. The van der Waals surface area contributed by atoms with Gasteiger partial charge in [-0.3, -0.25) is 4.90 Å². The summed E-state index contributed by atoms with van der Waals surface area (Å²) < 4.78 is 6.00. The Balaban J connectivity index is 1.92. The molecule has 2 nitrogen and oxygen atoms in total. The first-order valence-electron chi connectivity index (χ1n) is 6.99. The maximum atomic E-state index is 6.00. The lowest BCUT2D eigenvalue weighted by Gasteiger charge is -2.42. The molecule has 94 valence electrons. The summed E-state index contributed by atoms with van der Waals surface area (Å²) >= 11 is 0. The second-order valence-corrected chi connectivity index (χ2v) is 6.07. The smallest absolute Gasteiger partial charge is 0.0605 e. The number of likely N-dealkylation sites (tertiary alicyclic amines) is 1. The quantitative estimate of drug-likeness (QED) is 0.729. The van der Waals surface area contributed by atoms with Crippen LogP contribution < -0.4 is 0 Å². The molecule has 0 N–H and O–H groups in total. The van der Waals surface area contributed by atoms with Crippen LogP contribution in [0.2, 0.25) is 0 Å². The van der Waals surface area contributed by atoms with E-state index in [0.717, 1.165) is 12.0 Å². The van der Waals surface area contributed by atoms with Gasteiger partial charge in [0.15, 0.2) is 0 Å². The topological polar surface area (TPSA) is 12.5 Å². The van der Waals surface area contributed by atoms with Crippen LogP contribution in [0, 0.1) is 5.92 Å². The van der Waals surface area contributed by atoms with Crippen molar-refractivity contribution in [3.63, 3.8) is 0 Å². The normalized spacial score (nSPS) is 32.6. The van der Waals surface area contributed by atoms with Gasteiger partial charge in [-0.05, 0) is 59.3 Å². The van der Waals surface area contributed by atoms with Gasteiger partial charge < -0.3 is 4.74 Å². The highest BCUT2D eigenvalue weighted by Crippen LogP contribution is 2.40. The van der Waals surface area contributed by atoms with Gasteiger partial charge in [0, 0.05) is 18.6 Å². The van der Waals surface area contributed by atoms with Crippen LogP contribution in [0.3, 0.4) is 0 Å². The highest BCUT2D eigenvalue weighted by Gasteiger charge is 2.40. The molecule has 0 unspecified atom stereocenters. The van der Waals surface area contributed by atoms with E-state index >= 15 is 0 Å². The molecule has 0 spiro atoms. The Kier molecular flexibility index (Phi) is 3.91. The molecule has 0 radical (unpaired) electrons. The number of hydrogen-bond acceptors (Lipinski definition) is 2. The average molecular weight is 225 g/mol. The minimum atomic E-state index is 0.385. The first-order valence-corrected chi connectivity index (χ1v) is 6.99. The monoisotopic (exact) mass is 225 g/mol. The maximum absolute atomic E-state index is 6.00. The van der Waals surface area contributed by atoms with Crippen LogP contribution in [0.5, 0.6) is 0 Å². The molecule has 16 heavy (non-hydrogen) atoms. The molecule has 0 aromatic carbocycles. The minimum absolute atomic E-state index is 0.385. The van der Waals surface area contributed by atoms with Crippen LogP contribution in [-0.4, -0.2) is 35.7 Å². The highest BCUT2D eigenvalue weighted by atomic mass is 16.5. The summed E-state index contributed by atoms with van der Waals surface area (Å²) in [5.41, 5.74) is 0. The molecule has 0 amide bonds. The Morgan fingerprint density at radius 1 is 1.06 bits per heavy atom. The van der Waals surface area contributed by atoms with Crippen LogP contribution in [0.4, 0.5) is 0 Å². The van der Waals surface area contributed by atoms with E-state index in [1.165, 1.54) is 32.2 Å². The van der Waals surface area contributed by atoms with Gasteiger partial charge in [0.1, 0.15) is 0 Å². The Morgan fingerprint density at radius 2 is 1.75 bits per heavy atom. The zero-order chi connectivity index (χ0) is 11.7. The molecule has 1 saturated heterocycles. The van der Waals surface area contributed by atoms with Gasteiger partial charge in [-0.2, -0.15) is 0 Å². The van der Waals surface area contributed by atoms with E-state index in [-0.39, 0.29) is 0 Å². The summed E-state index contributed by atoms with van der Waals surface area (Å²) in [7, 11) is 0. The van der Waals surface area contributed by atoms with Crippen molar-refractivity contribution in [2.24, 2.45) is 5.92 Å². The van der Waals surface area contributed by atoms with Crippen molar-refractivity contribution >= 4 is 0 Å². The lowest BCUT2D eigenvalue weighted by molar-refractivity contribution is -0.0546. The van der Waals surface area contributed by atoms with Gasteiger partial charge in [-0.1, -0.05) is 0 Å². The molecule has 0 aromatic heterocycles. The van der Waals surface area contributed by atoms with E-state index in [1.54, 1.807) is 0 Å². The fourth-order valence-corrected chi connectivity index (χ4v) is 3.08. The number of hydrogen-bond donors (Lipinski definition) is 0. The van der Waals surface area contributed by atoms with Gasteiger partial charge in [0.2, 0.25) is 0 Å². The summed E-state index contributed by atoms with van der Waals surface area (Å²) in [5.74, 6) is 0.973. The number of rotatable bonds is 4. The molecule has 1 aliphatic carbocycles. The SMILES string of the molecule is CC(C)O[C@@H]1CCN(C(C)C)[C@H](C2CC2)C1. The molecule has 0 bridgehead atoms. The van der Waals surface area contributed by atoms with E-state index in [1.807, 2.05) is 0 Å². The zero-order valence-electron chi connectivity index (χ0n) is 11.3. The van der Waals surface area contributed by atoms with Crippen molar-refractivity contribution < 1.29 is 4.74 Å². The summed E-state index contributed by atoms with van der Waals surface area (Å²) in [6, 6.07) is 1.50. The summed E-state index contributed by atoms with van der Waals surface area (Å²) in [5, 5.41) is 0. The maximum Gasteiger partial charge on any atom is 0.0605 e. The molecule has 2 rings (SSSR count). The fourth-order valence-electron chi connectivity index (χ4n) is 3.08. The van der Waals surface area contributed by atoms with E-state index in [4.69, 9.17) is 4.74 Å². The van der Waals surface area contributed by atoms with Gasteiger partial charge in [-0.25, -0.2) is 0 Å². The third-order valence-electron chi connectivity index (χ3n) is 3.93. The van der Waals surface area contributed by atoms with Crippen molar-refractivity contribution in [2.45, 2.75) is 77.7 Å². The predicted octanol–water partition coefficient (Wildman–Crippen LogP) is 3.06. The molecular weight excluding hydrogens is 198 g/mol. The molecular formula is C14H27NO. The van der Waals surface area contributed by atoms with E-state index in [0.29, 0.717) is 18.2 Å². The van der Waals surface area contributed by atoms with E-state index in [2.05, 4.69) is 32.6 Å². The third kappa shape index (κ3) is 2.98. The van der Waals surface area contributed by atoms with Crippen LogP contribution in [0.25, 0.3) is 0 Å². The minimum Gasteiger partial charge on any atom is -0.375 e. The zero-order valence-corrected chi connectivity index (χ0v) is 11.3. The lowest BCUT2D eigenvalue weighted by Crippen LogP contribution is -2.49. The molecule has 0 aromatic rings. The van der Waals surface area contributed by atoms with Crippen molar-refractivity contribution in [3.8, 4) is 0 Å². The van der Waals surface area contributed by atoms with Gasteiger partial charge in [0.05, 0.1) is 12.2 Å². The van der Waals surface area contributed by atoms with Gasteiger partial charge >= 0.3 is 0 Å². The van der Waals surface area contributed by atoms with E-state index < -0.39 is 0 Å². The molecule has 2 heteroatoms. The first-order chi connectivity index (χ1) is 7.58. The van der Waals surface area contributed by atoms with Gasteiger partial charge in [0.25, 0.3) is 0 Å². The second kappa shape index (κ2) is 5.05. The van der Waals surface area contributed by atoms with Gasteiger partial charge in [-0.15, -0.1) is 0 Å². The third-order valence-corrected chi connectivity index (χ3v) is 3.93. The summed E-state index contributed by atoms with van der Waals surface area (Å²) in [6.45, 7) is 10.2. The Labute approximate surface area is 100 Å². The highest BCUT2D eigenvalue weighted by molar-refractivity contribution is 4.94. The molecule has 2 fully saturated rings. The largest absolute Gasteiger partial charge is 0.375 e. The van der Waals surface area contributed by atoms with E-state index in [9.17, 15) is 0 Å². The Morgan fingerprint density at radius 3 is 2.25 bits per heavy atom. The van der Waals surface area contributed by atoms with Crippen molar-refractivity contribution in [3.05, 3.63) is 0 Å². The van der Waals surface area contributed by atoms with Crippen molar-refractivity contribution in [2.75, 3.05) is 6.54 Å².